The minimum atomic E-state index is 0.945. The van der Waals surface area contributed by atoms with E-state index in [1.165, 1.54) is 63.5 Å². The summed E-state index contributed by atoms with van der Waals surface area (Å²) < 4.78 is 7.36. The summed E-state index contributed by atoms with van der Waals surface area (Å²) in [5.74, 6) is 0. The molecule has 13 rings (SSSR count). The lowest BCUT2D eigenvalue weighted by molar-refractivity contribution is 1.16. The van der Waals surface area contributed by atoms with E-state index in [1.54, 1.807) is 0 Å². The molecule has 0 aliphatic heterocycles. The molecule has 0 aliphatic rings. The molecular formula is C58H37N5S2. The number of hydrogen-bond donors (Lipinski definition) is 0. The maximum atomic E-state index is 4.68. The van der Waals surface area contributed by atoms with Gasteiger partial charge >= 0.3 is 0 Å². The molecule has 0 bridgehead atoms. The van der Waals surface area contributed by atoms with Gasteiger partial charge in [0.1, 0.15) is 5.00 Å². The van der Waals surface area contributed by atoms with Gasteiger partial charge in [-0.05, 0) is 121 Å². The van der Waals surface area contributed by atoms with Gasteiger partial charge in [0.25, 0.3) is 0 Å². The minimum absolute atomic E-state index is 0.945. The largest absolute Gasteiger partial charge is 0.309 e. The quantitative estimate of drug-likeness (QED) is 0.153. The van der Waals surface area contributed by atoms with Crippen LogP contribution in [0.2, 0.25) is 0 Å². The second kappa shape index (κ2) is 15.3. The molecule has 0 saturated carbocycles. The maximum absolute atomic E-state index is 4.68. The highest BCUT2D eigenvalue weighted by molar-refractivity contribution is 7.31. The lowest BCUT2D eigenvalue weighted by Crippen LogP contribution is -2.08. The fraction of sp³-hybridized carbons (Fsp3) is 0. The van der Waals surface area contributed by atoms with Crippen molar-refractivity contribution in [1.29, 1.82) is 0 Å². The Bertz CT molecular complexity index is 3770. The average Bonchev–Trinajstić information content (AvgIpc) is 4.13. The number of nitrogens with zero attached hydrogens (tertiary/aromatic N) is 5. The van der Waals surface area contributed by atoms with Crippen molar-refractivity contribution in [2.45, 2.75) is 0 Å². The highest BCUT2D eigenvalue weighted by atomic mass is 32.1. The van der Waals surface area contributed by atoms with E-state index in [1.807, 2.05) is 59.3 Å². The summed E-state index contributed by atoms with van der Waals surface area (Å²) in [7, 11) is 0. The predicted octanol–water partition coefficient (Wildman–Crippen LogP) is 16.4. The van der Waals surface area contributed by atoms with E-state index >= 15 is 0 Å². The molecule has 0 fully saturated rings. The van der Waals surface area contributed by atoms with Crippen LogP contribution in [0.1, 0.15) is 0 Å². The number of benzene rings is 7. The zero-order chi connectivity index (χ0) is 42.8. The van der Waals surface area contributed by atoms with Crippen molar-refractivity contribution in [1.82, 2.24) is 19.1 Å². The monoisotopic (exact) mass is 867 g/mol. The molecule has 0 radical (unpaired) electrons. The Balaban J connectivity index is 0.955. The van der Waals surface area contributed by atoms with Gasteiger partial charge in [-0.1, -0.05) is 97.1 Å². The van der Waals surface area contributed by atoms with Gasteiger partial charge in [0.2, 0.25) is 0 Å². The Hall–Kier alpha value is -8.10. The molecule has 0 unspecified atom stereocenters. The molecule has 0 N–H and O–H groups in total. The van der Waals surface area contributed by atoms with Gasteiger partial charge in [-0.15, -0.1) is 22.7 Å². The van der Waals surface area contributed by atoms with E-state index < -0.39 is 0 Å². The number of rotatable bonds is 8. The zero-order valence-corrected chi connectivity index (χ0v) is 36.5. The summed E-state index contributed by atoms with van der Waals surface area (Å²) in [5, 5.41) is 6.13. The van der Waals surface area contributed by atoms with Gasteiger partial charge in [-0.3, -0.25) is 9.97 Å². The number of thiophene rings is 2. The Morgan fingerprint density at radius 1 is 0.354 bits per heavy atom. The van der Waals surface area contributed by atoms with Gasteiger partial charge in [0.05, 0.1) is 33.5 Å². The van der Waals surface area contributed by atoms with Crippen LogP contribution in [0.25, 0.3) is 97.3 Å². The topological polar surface area (TPSA) is 38.9 Å². The van der Waals surface area contributed by atoms with Crippen LogP contribution >= 0.6 is 22.7 Å². The van der Waals surface area contributed by atoms with Crippen LogP contribution in [0.5, 0.6) is 0 Å². The molecule has 6 aromatic heterocycles. The molecule has 0 aliphatic carbocycles. The van der Waals surface area contributed by atoms with E-state index in [-0.39, 0.29) is 0 Å². The number of anilines is 3. The fourth-order valence-electron chi connectivity index (χ4n) is 9.50. The van der Waals surface area contributed by atoms with Crippen molar-refractivity contribution in [2.24, 2.45) is 0 Å². The van der Waals surface area contributed by atoms with Gasteiger partial charge in [-0.2, -0.15) is 0 Å². The highest BCUT2D eigenvalue weighted by Gasteiger charge is 2.22. The molecule has 0 spiro atoms. The van der Waals surface area contributed by atoms with E-state index in [9.17, 15) is 0 Å². The van der Waals surface area contributed by atoms with Crippen LogP contribution in [0.15, 0.2) is 225 Å². The third-order valence-electron chi connectivity index (χ3n) is 12.4. The fourth-order valence-corrected chi connectivity index (χ4v) is 11.9. The molecule has 65 heavy (non-hydrogen) atoms. The van der Waals surface area contributed by atoms with Gasteiger partial charge in [0, 0.05) is 82.1 Å². The summed E-state index contributed by atoms with van der Waals surface area (Å²) in [6, 6.07) is 76.4. The highest BCUT2D eigenvalue weighted by Crippen LogP contribution is 2.48. The van der Waals surface area contributed by atoms with Crippen molar-refractivity contribution < 1.29 is 0 Å². The number of hydrogen-bond acceptors (Lipinski definition) is 5. The third-order valence-corrected chi connectivity index (χ3v) is 14.7. The Morgan fingerprint density at radius 3 is 1.52 bits per heavy atom. The van der Waals surface area contributed by atoms with E-state index in [0.717, 1.165) is 50.3 Å². The van der Waals surface area contributed by atoms with E-state index in [2.05, 4.69) is 212 Å². The molecule has 306 valence electrons. The van der Waals surface area contributed by atoms with Crippen LogP contribution in [0, 0.1) is 0 Å². The standard InChI is InChI=1S/C58H37N5S2/c1-3-17-41(18-4-1)62-51-26-8-7-23-45(51)47-34-48-46-33-40(27-28-52(46)63(54(48)35-53(47)62)42-19-5-2-6-20-42)55-36-56-57(64-55)37-58(65-56)61(43-21-13-15-38(31-43)49-24-9-11-29-59-49)44-22-14-16-39(32-44)50-25-10-12-30-60-50/h1-37H. The van der Waals surface area contributed by atoms with Crippen molar-refractivity contribution in [3.8, 4) is 44.3 Å². The first kappa shape index (κ1) is 37.5. The normalized spacial score (nSPS) is 11.7. The smallest absolute Gasteiger partial charge is 0.102 e. The second-order valence-electron chi connectivity index (χ2n) is 16.3. The van der Waals surface area contributed by atoms with Crippen LogP contribution in [-0.2, 0) is 0 Å². The molecule has 0 amide bonds. The lowest BCUT2D eigenvalue weighted by atomic mass is 10.1. The maximum Gasteiger partial charge on any atom is 0.102 e. The number of fused-ring (bicyclic) bond motifs is 7. The summed E-state index contributed by atoms with van der Waals surface area (Å²) in [4.78, 5) is 13.0. The summed E-state index contributed by atoms with van der Waals surface area (Å²) >= 11 is 3.68. The molecule has 5 nitrogen and oxygen atoms in total. The number of aromatic nitrogens is 4. The zero-order valence-electron chi connectivity index (χ0n) is 34.9. The molecule has 6 heterocycles. The molecule has 0 saturated heterocycles. The van der Waals surface area contributed by atoms with Gasteiger partial charge in [0.15, 0.2) is 0 Å². The average molecular weight is 868 g/mol. The molecule has 7 aromatic carbocycles. The van der Waals surface area contributed by atoms with Crippen molar-refractivity contribution in [3.63, 3.8) is 0 Å². The lowest BCUT2D eigenvalue weighted by Gasteiger charge is -2.24. The second-order valence-corrected chi connectivity index (χ2v) is 18.4. The first-order valence-electron chi connectivity index (χ1n) is 21.7. The summed E-state index contributed by atoms with van der Waals surface area (Å²) in [6.45, 7) is 0. The summed E-state index contributed by atoms with van der Waals surface area (Å²) in [6.07, 6.45) is 3.70. The predicted molar refractivity (Wildman–Crippen MR) is 275 cm³/mol. The van der Waals surface area contributed by atoms with Crippen LogP contribution in [-0.4, -0.2) is 19.1 Å². The molecular weight excluding hydrogens is 831 g/mol. The Morgan fingerprint density at radius 2 is 0.908 bits per heavy atom. The van der Waals surface area contributed by atoms with Crippen molar-refractivity contribution in [3.05, 3.63) is 225 Å². The van der Waals surface area contributed by atoms with Crippen molar-refractivity contribution in [2.75, 3.05) is 4.90 Å². The van der Waals surface area contributed by atoms with Gasteiger partial charge < -0.3 is 14.0 Å². The van der Waals surface area contributed by atoms with E-state index in [0.29, 0.717) is 0 Å². The number of para-hydroxylation sites is 3. The Kier molecular flexibility index (Phi) is 8.82. The molecule has 13 aromatic rings. The SMILES string of the molecule is c1ccc(-n2c3ccccc3c3cc4c5cc(-c6cc7sc(N(c8cccc(-c9ccccn9)c8)c8cccc(-c9ccccn9)c8)cc7s6)ccc5n(-c5ccccc5)c4cc32)cc1. The first-order chi connectivity index (χ1) is 32.2. The minimum Gasteiger partial charge on any atom is -0.309 e. The molecule has 0 atom stereocenters. The van der Waals surface area contributed by atoms with Crippen molar-refractivity contribution >= 4 is 92.1 Å². The third kappa shape index (κ3) is 6.35. The summed E-state index contributed by atoms with van der Waals surface area (Å²) in [5.41, 5.74) is 14.5. The first-order valence-corrected chi connectivity index (χ1v) is 23.3. The van der Waals surface area contributed by atoms with Crippen LogP contribution in [0.3, 0.4) is 0 Å². The number of pyridine rings is 2. The van der Waals surface area contributed by atoms with Gasteiger partial charge in [-0.25, -0.2) is 0 Å². The van der Waals surface area contributed by atoms with Crippen LogP contribution in [0.4, 0.5) is 16.4 Å². The van der Waals surface area contributed by atoms with E-state index in [4.69, 9.17) is 0 Å². The Labute approximate surface area is 383 Å². The molecule has 7 heteroatoms. The van der Waals surface area contributed by atoms with Crippen LogP contribution < -0.4 is 4.90 Å².